The Morgan fingerprint density at radius 1 is 1.31 bits per heavy atom. The van der Waals surface area contributed by atoms with E-state index in [0.717, 1.165) is 0 Å². The van der Waals surface area contributed by atoms with E-state index in [-0.39, 0.29) is 0 Å². The van der Waals surface area contributed by atoms with Gasteiger partial charge in [-0.1, -0.05) is 26.2 Å². The molecule has 2 atom stereocenters. The van der Waals surface area contributed by atoms with Gasteiger partial charge in [0.2, 0.25) is 10.0 Å². The lowest BCUT2D eigenvalue weighted by molar-refractivity contribution is 0.257. The van der Waals surface area contributed by atoms with Crippen LogP contribution in [0.4, 0.5) is 0 Å². The first-order valence-corrected chi connectivity index (χ1v) is 6.83. The standard InChI is InChI=1S/C9H19NO2S/c1-8-5-3-4-6-9(8)7-10-13(2,11)12/h8-10H,3-7H2,1-2H3. The van der Waals surface area contributed by atoms with Crippen molar-refractivity contribution in [3.63, 3.8) is 0 Å². The molecule has 2 unspecified atom stereocenters. The highest BCUT2D eigenvalue weighted by Gasteiger charge is 2.21. The van der Waals surface area contributed by atoms with Crippen molar-refractivity contribution in [1.82, 2.24) is 4.72 Å². The monoisotopic (exact) mass is 205 g/mol. The molecule has 0 spiro atoms. The highest BCUT2D eigenvalue weighted by molar-refractivity contribution is 7.88. The minimum absolute atomic E-state index is 0.545. The molecule has 0 aromatic heterocycles. The third-order valence-corrected chi connectivity index (χ3v) is 3.59. The van der Waals surface area contributed by atoms with Crippen LogP contribution in [0.25, 0.3) is 0 Å². The second kappa shape index (κ2) is 4.42. The Morgan fingerprint density at radius 2 is 1.92 bits per heavy atom. The number of hydrogen-bond acceptors (Lipinski definition) is 2. The minimum atomic E-state index is -3.00. The van der Waals surface area contributed by atoms with Gasteiger partial charge in [0.15, 0.2) is 0 Å². The van der Waals surface area contributed by atoms with E-state index in [4.69, 9.17) is 0 Å². The van der Waals surface area contributed by atoms with Gasteiger partial charge in [0.25, 0.3) is 0 Å². The van der Waals surface area contributed by atoms with Gasteiger partial charge < -0.3 is 0 Å². The normalized spacial score (nSPS) is 30.3. The summed E-state index contributed by atoms with van der Waals surface area (Å²) in [5, 5.41) is 0. The molecule has 1 aliphatic rings. The molecule has 0 aromatic carbocycles. The minimum Gasteiger partial charge on any atom is -0.215 e. The molecular formula is C9H19NO2S. The Labute approximate surface area is 81.0 Å². The topological polar surface area (TPSA) is 46.2 Å². The van der Waals surface area contributed by atoms with Crippen LogP contribution in [0.1, 0.15) is 32.6 Å². The molecule has 1 saturated carbocycles. The highest BCUT2D eigenvalue weighted by Crippen LogP contribution is 2.28. The zero-order valence-electron chi connectivity index (χ0n) is 8.41. The van der Waals surface area contributed by atoms with E-state index < -0.39 is 10.0 Å². The zero-order chi connectivity index (χ0) is 9.90. The van der Waals surface area contributed by atoms with Gasteiger partial charge in [-0.05, 0) is 18.3 Å². The highest BCUT2D eigenvalue weighted by atomic mass is 32.2. The maximum Gasteiger partial charge on any atom is 0.208 e. The maximum absolute atomic E-state index is 10.9. The fraction of sp³-hybridized carbons (Fsp3) is 1.00. The van der Waals surface area contributed by atoms with Crippen LogP contribution in [-0.4, -0.2) is 21.2 Å². The summed E-state index contributed by atoms with van der Waals surface area (Å²) in [6.45, 7) is 2.84. The van der Waals surface area contributed by atoms with Crippen molar-refractivity contribution in [3.05, 3.63) is 0 Å². The quantitative estimate of drug-likeness (QED) is 0.756. The van der Waals surface area contributed by atoms with Crippen molar-refractivity contribution in [2.75, 3.05) is 12.8 Å². The van der Waals surface area contributed by atoms with Gasteiger partial charge in [-0.3, -0.25) is 0 Å². The number of hydrogen-bond donors (Lipinski definition) is 1. The number of nitrogens with one attached hydrogen (secondary N) is 1. The van der Waals surface area contributed by atoms with Crippen LogP contribution >= 0.6 is 0 Å². The van der Waals surface area contributed by atoms with Crippen molar-refractivity contribution in [3.8, 4) is 0 Å². The third-order valence-electron chi connectivity index (χ3n) is 2.90. The van der Waals surface area contributed by atoms with Crippen LogP contribution < -0.4 is 4.72 Å². The predicted octanol–water partition coefficient (Wildman–Crippen LogP) is 1.36. The number of rotatable bonds is 3. The first-order valence-electron chi connectivity index (χ1n) is 4.93. The van der Waals surface area contributed by atoms with Crippen molar-refractivity contribution < 1.29 is 8.42 Å². The van der Waals surface area contributed by atoms with Gasteiger partial charge in [0, 0.05) is 6.54 Å². The lowest BCUT2D eigenvalue weighted by Gasteiger charge is -2.28. The molecule has 0 radical (unpaired) electrons. The van der Waals surface area contributed by atoms with E-state index in [1.54, 1.807) is 0 Å². The maximum atomic E-state index is 10.9. The molecule has 0 amide bonds. The van der Waals surface area contributed by atoms with Gasteiger partial charge >= 0.3 is 0 Å². The summed E-state index contributed by atoms with van der Waals surface area (Å²) in [6, 6.07) is 0. The van der Waals surface area contributed by atoms with Crippen LogP contribution in [0, 0.1) is 11.8 Å². The molecule has 0 saturated heterocycles. The first kappa shape index (κ1) is 11.0. The average Bonchev–Trinajstić information content (AvgIpc) is 2.01. The molecule has 78 valence electrons. The van der Waals surface area contributed by atoms with E-state index in [1.165, 1.54) is 31.9 Å². The van der Waals surface area contributed by atoms with Crippen molar-refractivity contribution in [2.24, 2.45) is 11.8 Å². The Hall–Kier alpha value is -0.0900. The lowest BCUT2D eigenvalue weighted by Crippen LogP contribution is -2.32. The fourth-order valence-corrected chi connectivity index (χ4v) is 2.47. The molecule has 0 aliphatic heterocycles. The third kappa shape index (κ3) is 4.09. The molecule has 3 nitrogen and oxygen atoms in total. The molecule has 1 fully saturated rings. The first-order chi connectivity index (χ1) is 5.99. The van der Waals surface area contributed by atoms with Crippen molar-refractivity contribution in [2.45, 2.75) is 32.6 Å². The predicted molar refractivity (Wildman–Crippen MR) is 54.0 cm³/mol. The largest absolute Gasteiger partial charge is 0.215 e. The SMILES string of the molecule is CC1CCCCC1CNS(C)(=O)=O. The molecule has 4 heteroatoms. The Kier molecular flexibility index (Phi) is 3.74. The van der Waals surface area contributed by atoms with Crippen LogP contribution in [0.2, 0.25) is 0 Å². The van der Waals surface area contributed by atoms with Gasteiger partial charge in [-0.15, -0.1) is 0 Å². The summed E-state index contributed by atoms with van der Waals surface area (Å²) in [5.41, 5.74) is 0. The summed E-state index contributed by atoms with van der Waals surface area (Å²) >= 11 is 0. The molecule has 1 aliphatic carbocycles. The van der Waals surface area contributed by atoms with Crippen molar-refractivity contribution >= 4 is 10.0 Å². The number of sulfonamides is 1. The van der Waals surface area contributed by atoms with Crippen LogP contribution in [0.15, 0.2) is 0 Å². The second-order valence-corrected chi connectivity index (χ2v) is 5.98. The molecule has 1 N–H and O–H groups in total. The van der Waals surface area contributed by atoms with Gasteiger partial charge in [0.1, 0.15) is 0 Å². The lowest BCUT2D eigenvalue weighted by atomic mass is 9.81. The summed E-state index contributed by atoms with van der Waals surface area (Å²) in [5.74, 6) is 1.21. The molecule has 0 heterocycles. The van der Waals surface area contributed by atoms with E-state index in [0.29, 0.717) is 18.4 Å². The summed E-state index contributed by atoms with van der Waals surface area (Å²) in [7, 11) is -3.00. The summed E-state index contributed by atoms with van der Waals surface area (Å²) in [6.07, 6.45) is 6.19. The summed E-state index contributed by atoms with van der Waals surface area (Å²) in [4.78, 5) is 0. The van der Waals surface area contributed by atoms with E-state index in [2.05, 4.69) is 11.6 Å². The molecular weight excluding hydrogens is 186 g/mol. The molecule has 0 bridgehead atoms. The van der Waals surface area contributed by atoms with Crippen LogP contribution in [0.3, 0.4) is 0 Å². The van der Waals surface area contributed by atoms with Gasteiger partial charge in [-0.25, -0.2) is 13.1 Å². The van der Waals surface area contributed by atoms with E-state index in [9.17, 15) is 8.42 Å². The van der Waals surface area contributed by atoms with Crippen LogP contribution in [-0.2, 0) is 10.0 Å². The fourth-order valence-electron chi connectivity index (χ4n) is 1.95. The zero-order valence-corrected chi connectivity index (χ0v) is 9.23. The average molecular weight is 205 g/mol. The second-order valence-electron chi connectivity index (χ2n) is 4.14. The van der Waals surface area contributed by atoms with Gasteiger partial charge in [0.05, 0.1) is 6.26 Å². The molecule has 1 rings (SSSR count). The molecule has 0 aromatic rings. The van der Waals surface area contributed by atoms with Gasteiger partial charge in [-0.2, -0.15) is 0 Å². The Morgan fingerprint density at radius 3 is 2.46 bits per heavy atom. The Balaban J connectivity index is 2.35. The van der Waals surface area contributed by atoms with Crippen molar-refractivity contribution in [1.29, 1.82) is 0 Å². The van der Waals surface area contributed by atoms with E-state index in [1.807, 2.05) is 0 Å². The summed E-state index contributed by atoms with van der Waals surface area (Å²) < 4.78 is 24.3. The Bertz CT molecular complexity index is 248. The van der Waals surface area contributed by atoms with Crippen LogP contribution in [0.5, 0.6) is 0 Å². The smallest absolute Gasteiger partial charge is 0.208 e. The van der Waals surface area contributed by atoms with E-state index >= 15 is 0 Å². The molecule has 13 heavy (non-hydrogen) atoms.